The summed E-state index contributed by atoms with van der Waals surface area (Å²) in [6.45, 7) is 0.122. The molecule has 0 aliphatic rings. The molecule has 0 saturated carbocycles. The van der Waals surface area contributed by atoms with E-state index in [2.05, 4.69) is 4.89 Å². The second-order valence-electron chi connectivity index (χ2n) is 2.02. The molecule has 0 atom stereocenters. The molecule has 0 aliphatic heterocycles. The molecule has 0 aromatic heterocycles. The fourth-order valence-corrected chi connectivity index (χ4v) is 1.02. The maximum Gasteiger partial charge on any atom is 0.107 e. The lowest BCUT2D eigenvalue weighted by Crippen LogP contribution is -1.86. The molecule has 0 unspecified atom stereocenters. The van der Waals surface area contributed by atoms with Crippen molar-refractivity contribution >= 4 is 23.2 Å². The largest absolute Gasteiger partial charge is 0.251 e. The lowest BCUT2D eigenvalue weighted by molar-refractivity contribution is -0.253. The molecule has 0 bridgehead atoms. The molecule has 1 aromatic carbocycles. The molecule has 2 nitrogen and oxygen atoms in total. The van der Waals surface area contributed by atoms with Crippen LogP contribution in [0.5, 0.6) is 0 Å². The van der Waals surface area contributed by atoms with Crippen molar-refractivity contribution in [3.05, 3.63) is 33.8 Å². The first-order valence-corrected chi connectivity index (χ1v) is 3.70. The highest BCUT2D eigenvalue weighted by Crippen LogP contribution is 2.22. The van der Waals surface area contributed by atoms with Gasteiger partial charge in [0.15, 0.2) is 0 Å². The Morgan fingerprint density at radius 1 is 1.27 bits per heavy atom. The Morgan fingerprint density at radius 3 is 2.55 bits per heavy atom. The SMILES string of the molecule is OOCc1ccc(Cl)c(Cl)c1. The Morgan fingerprint density at radius 2 is 2.00 bits per heavy atom. The predicted octanol–water partition coefficient (Wildman–Crippen LogP) is 2.98. The lowest BCUT2D eigenvalue weighted by atomic mass is 10.2. The lowest BCUT2D eigenvalue weighted by Gasteiger charge is -1.99. The van der Waals surface area contributed by atoms with Crippen LogP contribution >= 0.6 is 23.2 Å². The maximum atomic E-state index is 8.10. The predicted molar refractivity (Wildman–Crippen MR) is 43.9 cm³/mol. The average molecular weight is 193 g/mol. The third-order valence-corrected chi connectivity index (χ3v) is 1.95. The van der Waals surface area contributed by atoms with Crippen molar-refractivity contribution in [1.82, 2.24) is 0 Å². The summed E-state index contributed by atoms with van der Waals surface area (Å²) in [4.78, 5) is 3.92. The summed E-state index contributed by atoms with van der Waals surface area (Å²) < 4.78 is 0. The second kappa shape index (κ2) is 3.93. The Balaban J connectivity index is 2.86. The van der Waals surface area contributed by atoms with Crippen LogP contribution in [0.25, 0.3) is 0 Å². The van der Waals surface area contributed by atoms with Gasteiger partial charge in [-0.05, 0) is 17.7 Å². The van der Waals surface area contributed by atoms with Gasteiger partial charge in [-0.15, -0.1) is 0 Å². The third kappa shape index (κ3) is 2.34. The highest BCUT2D eigenvalue weighted by Gasteiger charge is 1.98. The third-order valence-electron chi connectivity index (χ3n) is 1.22. The van der Waals surface area contributed by atoms with Crippen LogP contribution in [-0.4, -0.2) is 5.26 Å². The minimum atomic E-state index is 0.122. The van der Waals surface area contributed by atoms with Gasteiger partial charge in [0.05, 0.1) is 10.0 Å². The molecule has 0 fully saturated rings. The second-order valence-corrected chi connectivity index (χ2v) is 2.84. The van der Waals surface area contributed by atoms with E-state index in [1.165, 1.54) is 0 Å². The number of halogens is 2. The van der Waals surface area contributed by atoms with Gasteiger partial charge in [0.25, 0.3) is 0 Å². The first-order valence-electron chi connectivity index (χ1n) is 2.94. The Hall–Kier alpha value is -0.280. The quantitative estimate of drug-likeness (QED) is 0.577. The van der Waals surface area contributed by atoms with Crippen LogP contribution in [0.15, 0.2) is 18.2 Å². The summed E-state index contributed by atoms with van der Waals surface area (Å²) in [5.74, 6) is 0. The van der Waals surface area contributed by atoms with Gasteiger partial charge >= 0.3 is 0 Å². The van der Waals surface area contributed by atoms with Crippen molar-refractivity contribution in [3.63, 3.8) is 0 Å². The van der Waals surface area contributed by atoms with Crippen LogP contribution in [0.1, 0.15) is 5.56 Å². The number of hydrogen-bond donors (Lipinski definition) is 1. The molecule has 0 radical (unpaired) electrons. The molecule has 60 valence electrons. The Bertz CT molecular complexity index is 250. The van der Waals surface area contributed by atoms with Crippen molar-refractivity contribution in [2.24, 2.45) is 0 Å². The van der Waals surface area contributed by atoms with Gasteiger partial charge in [0, 0.05) is 0 Å². The van der Waals surface area contributed by atoms with Crippen LogP contribution in [-0.2, 0) is 11.5 Å². The molecule has 1 N–H and O–H groups in total. The molecule has 11 heavy (non-hydrogen) atoms. The topological polar surface area (TPSA) is 29.5 Å². The summed E-state index contributed by atoms with van der Waals surface area (Å²) in [5, 5.41) is 9.06. The zero-order valence-corrected chi connectivity index (χ0v) is 7.06. The van der Waals surface area contributed by atoms with E-state index < -0.39 is 0 Å². The molecule has 0 saturated heterocycles. The van der Waals surface area contributed by atoms with Crippen LogP contribution in [0.3, 0.4) is 0 Å². The summed E-state index contributed by atoms with van der Waals surface area (Å²) in [5.41, 5.74) is 0.780. The molecule has 0 heterocycles. The zero-order valence-electron chi connectivity index (χ0n) is 5.55. The van der Waals surface area contributed by atoms with E-state index in [4.69, 9.17) is 28.5 Å². The van der Waals surface area contributed by atoms with E-state index in [1.807, 2.05) is 0 Å². The van der Waals surface area contributed by atoms with E-state index in [1.54, 1.807) is 18.2 Å². The summed E-state index contributed by atoms with van der Waals surface area (Å²) in [7, 11) is 0. The number of hydrogen-bond acceptors (Lipinski definition) is 2. The Labute approximate surface area is 74.2 Å². The van der Waals surface area contributed by atoms with E-state index in [0.29, 0.717) is 10.0 Å². The van der Waals surface area contributed by atoms with Crippen molar-refractivity contribution in [2.75, 3.05) is 0 Å². The van der Waals surface area contributed by atoms with Gasteiger partial charge in [-0.25, -0.2) is 4.89 Å². The highest BCUT2D eigenvalue weighted by atomic mass is 35.5. The van der Waals surface area contributed by atoms with Crippen molar-refractivity contribution in [3.8, 4) is 0 Å². The molecule has 1 aromatic rings. The molecule has 0 amide bonds. The van der Waals surface area contributed by atoms with E-state index in [-0.39, 0.29) is 6.61 Å². The van der Waals surface area contributed by atoms with Gasteiger partial charge in [-0.3, -0.25) is 5.26 Å². The standard InChI is InChI=1S/C7H6Cl2O2/c8-6-2-1-5(4-11-10)3-7(6)9/h1-3,10H,4H2. The maximum absolute atomic E-state index is 8.10. The van der Waals surface area contributed by atoms with Gasteiger partial charge in [0.2, 0.25) is 0 Å². The monoisotopic (exact) mass is 192 g/mol. The highest BCUT2D eigenvalue weighted by molar-refractivity contribution is 6.41. The van der Waals surface area contributed by atoms with E-state index in [0.717, 1.165) is 5.56 Å². The van der Waals surface area contributed by atoms with E-state index in [9.17, 15) is 0 Å². The summed E-state index contributed by atoms with van der Waals surface area (Å²) in [6, 6.07) is 5.02. The summed E-state index contributed by atoms with van der Waals surface area (Å²) in [6.07, 6.45) is 0. The van der Waals surface area contributed by atoms with Gasteiger partial charge in [-0.2, -0.15) is 0 Å². The minimum Gasteiger partial charge on any atom is -0.251 e. The van der Waals surface area contributed by atoms with Crippen molar-refractivity contribution in [1.29, 1.82) is 0 Å². The normalized spacial score (nSPS) is 10.1. The number of benzene rings is 1. The Kier molecular flexibility index (Phi) is 3.15. The molecule has 1 rings (SSSR count). The molecular weight excluding hydrogens is 187 g/mol. The van der Waals surface area contributed by atoms with Gasteiger partial charge in [-0.1, -0.05) is 29.3 Å². The van der Waals surface area contributed by atoms with Crippen LogP contribution in [0.4, 0.5) is 0 Å². The van der Waals surface area contributed by atoms with Gasteiger partial charge in [0.1, 0.15) is 6.61 Å². The van der Waals surface area contributed by atoms with E-state index >= 15 is 0 Å². The van der Waals surface area contributed by atoms with Crippen molar-refractivity contribution in [2.45, 2.75) is 6.61 Å². The van der Waals surface area contributed by atoms with Crippen molar-refractivity contribution < 1.29 is 10.1 Å². The minimum absolute atomic E-state index is 0.122. The summed E-state index contributed by atoms with van der Waals surface area (Å²) >= 11 is 11.3. The fourth-order valence-electron chi connectivity index (χ4n) is 0.704. The fraction of sp³-hybridized carbons (Fsp3) is 0.143. The molecular formula is C7H6Cl2O2. The number of rotatable bonds is 2. The van der Waals surface area contributed by atoms with Crippen LogP contribution < -0.4 is 0 Å². The average Bonchev–Trinajstić information content (AvgIpc) is 1.98. The van der Waals surface area contributed by atoms with Gasteiger partial charge < -0.3 is 0 Å². The van der Waals surface area contributed by atoms with Crippen LogP contribution in [0.2, 0.25) is 10.0 Å². The zero-order chi connectivity index (χ0) is 8.27. The molecule has 0 aliphatic carbocycles. The van der Waals surface area contributed by atoms with Crippen LogP contribution in [0, 0.1) is 0 Å². The first-order chi connectivity index (χ1) is 5.24. The smallest absolute Gasteiger partial charge is 0.107 e. The first kappa shape index (κ1) is 8.81. The molecule has 0 spiro atoms. The molecule has 4 heteroatoms.